The molecule has 19 heavy (non-hydrogen) atoms. The van der Waals surface area contributed by atoms with Crippen molar-refractivity contribution < 1.29 is 4.74 Å². The van der Waals surface area contributed by atoms with Gasteiger partial charge in [-0.1, -0.05) is 12.1 Å². The van der Waals surface area contributed by atoms with Crippen LogP contribution in [0, 0.1) is 0 Å². The van der Waals surface area contributed by atoms with E-state index in [0.29, 0.717) is 11.4 Å². The summed E-state index contributed by atoms with van der Waals surface area (Å²) in [6.07, 6.45) is 3.19. The number of para-hydroxylation sites is 2. The van der Waals surface area contributed by atoms with Crippen LogP contribution in [-0.2, 0) is 5.54 Å². The molecule has 0 fully saturated rings. The average molecular weight is 259 g/mol. The largest absolute Gasteiger partial charge is 0.432 e. The van der Waals surface area contributed by atoms with Crippen LogP contribution in [0.1, 0.15) is 20.8 Å². The Labute approximate surface area is 111 Å². The smallest absolute Gasteiger partial charge is 0.314 e. The number of ether oxygens (including phenoxy) is 1. The molecule has 0 atom stereocenters. The fraction of sp³-hybridized carbons (Fsp3) is 0.286. The van der Waals surface area contributed by atoms with Gasteiger partial charge in [0, 0.05) is 17.9 Å². The Bertz CT molecular complexity index is 642. The van der Waals surface area contributed by atoms with Crippen molar-refractivity contribution >= 4 is 5.69 Å². The predicted octanol–water partition coefficient (Wildman–Crippen LogP) is 2.37. The van der Waals surface area contributed by atoms with E-state index in [9.17, 15) is 4.79 Å². The van der Waals surface area contributed by atoms with Crippen molar-refractivity contribution in [2.24, 2.45) is 0 Å². The van der Waals surface area contributed by atoms with Gasteiger partial charge in [-0.05, 0) is 32.9 Å². The van der Waals surface area contributed by atoms with E-state index in [4.69, 9.17) is 10.5 Å². The molecule has 0 bridgehead atoms. The molecular formula is C14H17N3O2. The van der Waals surface area contributed by atoms with Crippen LogP contribution in [0.15, 0.2) is 41.5 Å². The highest BCUT2D eigenvalue weighted by molar-refractivity contribution is 5.52. The third-order valence-corrected chi connectivity index (χ3v) is 2.66. The number of hydrogen-bond acceptors (Lipinski definition) is 4. The molecule has 0 aliphatic carbocycles. The van der Waals surface area contributed by atoms with Gasteiger partial charge >= 0.3 is 5.56 Å². The SMILES string of the molecule is CC(C)(C)n1ccnc(Oc2ccccc2N)c1=O. The first-order valence-electron chi connectivity index (χ1n) is 6.00. The standard InChI is InChI=1S/C14H17N3O2/c1-14(2,3)17-9-8-16-12(13(17)18)19-11-7-5-4-6-10(11)15/h4-9H,15H2,1-3H3. The molecule has 2 aromatic rings. The molecule has 0 saturated heterocycles. The first-order valence-corrected chi connectivity index (χ1v) is 6.00. The summed E-state index contributed by atoms with van der Waals surface area (Å²) in [5.74, 6) is 0.453. The van der Waals surface area contributed by atoms with Crippen LogP contribution in [0.3, 0.4) is 0 Å². The molecule has 0 unspecified atom stereocenters. The second-order valence-electron chi connectivity index (χ2n) is 5.22. The summed E-state index contributed by atoms with van der Waals surface area (Å²) in [5, 5.41) is 0. The Hall–Kier alpha value is -2.30. The van der Waals surface area contributed by atoms with Crippen molar-refractivity contribution in [3.8, 4) is 11.6 Å². The Morgan fingerprint density at radius 1 is 1.26 bits per heavy atom. The molecule has 2 rings (SSSR count). The average Bonchev–Trinajstić information content (AvgIpc) is 2.33. The minimum absolute atomic E-state index is 0.0234. The summed E-state index contributed by atoms with van der Waals surface area (Å²) >= 11 is 0. The molecule has 0 aliphatic rings. The quantitative estimate of drug-likeness (QED) is 0.840. The van der Waals surface area contributed by atoms with Gasteiger partial charge in [-0.25, -0.2) is 4.98 Å². The summed E-state index contributed by atoms with van der Waals surface area (Å²) < 4.78 is 7.08. The zero-order valence-electron chi connectivity index (χ0n) is 11.3. The minimum atomic E-state index is -0.333. The van der Waals surface area contributed by atoms with Crippen LogP contribution in [-0.4, -0.2) is 9.55 Å². The molecule has 1 aromatic carbocycles. The van der Waals surface area contributed by atoms with E-state index >= 15 is 0 Å². The summed E-state index contributed by atoms with van der Waals surface area (Å²) in [5.41, 5.74) is 5.64. The molecule has 2 N–H and O–H groups in total. The molecule has 1 heterocycles. The van der Waals surface area contributed by atoms with Crippen LogP contribution in [0.25, 0.3) is 0 Å². The van der Waals surface area contributed by atoms with Crippen molar-refractivity contribution in [2.75, 3.05) is 5.73 Å². The maximum atomic E-state index is 12.3. The number of aromatic nitrogens is 2. The normalized spacial score (nSPS) is 11.3. The van der Waals surface area contributed by atoms with Gasteiger partial charge in [-0.2, -0.15) is 0 Å². The fourth-order valence-corrected chi connectivity index (χ4v) is 1.67. The van der Waals surface area contributed by atoms with Crippen LogP contribution in [0.4, 0.5) is 5.69 Å². The van der Waals surface area contributed by atoms with Gasteiger partial charge < -0.3 is 15.0 Å². The molecule has 0 radical (unpaired) electrons. The van der Waals surface area contributed by atoms with E-state index in [1.54, 1.807) is 41.2 Å². The van der Waals surface area contributed by atoms with Crippen molar-refractivity contribution in [1.29, 1.82) is 0 Å². The number of anilines is 1. The monoisotopic (exact) mass is 259 g/mol. The summed E-state index contributed by atoms with van der Waals surface area (Å²) in [4.78, 5) is 16.2. The molecule has 0 amide bonds. The second kappa shape index (κ2) is 4.76. The predicted molar refractivity (Wildman–Crippen MR) is 74.4 cm³/mol. The lowest BCUT2D eigenvalue weighted by molar-refractivity contribution is 0.363. The molecule has 0 saturated carbocycles. The number of hydrogen-bond donors (Lipinski definition) is 1. The van der Waals surface area contributed by atoms with Gasteiger partial charge in [0.2, 0.25) is 0 Å². The molecule has 5 heteroatoms. The van der Waals surface area contributed by atoms with Gasteiger partial charge in [-0.15, -0.1) is 0 Å². The highest BCUT2D eigenvalue weighted by atomic mass is 16.5. The topological polar surface area (TPSA) is 70.1 Å². The van der Waals surface area contributed by atoms with Gasteiger partial charge in [0.1, 0.15) is 0 Å². The molecule has 0 aliphatic heterocycles. The van der Waals surface area contributed by atoms with Gasteiger partial charge in [0.15, 0.2) is 5.75 Å². The van der Waals surface area contributed by atoms with E-state index in [2.05, 4.69) is 4.98 Å². The van der Waals surface area contributed by atoms with E-state index in [-0.39, 0.29) is 17.0 Å². The third kappa shape index (κ3) is 2.76. The Kier molecular flexibility index (Phi) is 3.29. The van der Waals surface area contributed by atoms with Crippen molar-refractivity contribution in [1.82, 2.24) is 9.55 Å². The van der Waals surface area contributed by atoms with Crippen LogP contribution in [0.2, 0.25) is 0 Å². The van der Waals surface area contributed by atoms with E-state index in [1.807, 2.05) is 20.8 Å². The van der Waals surface area contributed by atoms with Gasteiger partial charge in [0.05, 0.1) is 5.69 Å². The minimum Gasteiger partial charge on any atom is -0.432 e. The number of nitrogens with zero attached hydrogens (tertiary/aromatic N) is 2. The van der Waals surface area contributed by atoms with E-state index in [0.717, 1.165) is 0 Å². The first kappa shape index (κ1) is 13.1. The highest BCUT2D eigenvalue weighted by Gasteiger charge is 2.18. The first-order chi connectivity index (χ1) is 8.89. The molecule has 1 aromatic heterocycles. The number of nitrogens with two attached hydrogens (primary N) is 1. The molecule has 100 valence electrons. The summed E-state index contributed by atoms with van der Waals surface area (Å²) in [6, 6.07) is 7.00. The number of nitrogen functional groups attached to an aromatic ring is 1. The third-order valence-electron chi connectivity index (χ3n) is 2.66. The lowest BCUT2D eigenvalue weighted by Crippen LogP contribution is -2.34. The zero-order chi connectivity index (χ0) is 14.0. The Morgan fingerprint density at radius 3 is 2.58 bits per heavy atom. The molecule has 5 nitrogen and oxygen atoms in total. The maximum absolute atomic E-state index is 12.3. The van der Waals surface area contributed by atoms with E-state index < -0.39 is 0 Å². The Morgan fingerprint density at radius 2 is 1.95 bits per heavy atom. The van der Waals surface area contributed by atoms with Gasteiger partial charge in [0.25, 0.3) is 5.88 Å². The number of benzene rings is 1. The van der Waals surface area contributed by atoms with E-state index in [1.165, 1.54) is 0 Å². The lowest BCUT2D eigenvalue weighted by Gasteiger charge is -2.22. The van der Waals surface area contributed by atoms with Crippen LogP contribution < -0.4 is 16.0 Å². The van der Waals surface area contributed by atoms with Crippen LogP contribution in [0.5, 0.6) is 11.6 Å². The lowest BCUT2D eigenvalue weighted by atomic mass is 10.1. The van der Waals surface area contributed by atoms with Crippen LogP contribution >= 0.6 is 0 Å². The van der Waals surface area contributed by atoms with Crippen molar-refractivity contribution in [3.63, 3.8) is 0 Å². The summed E-state index contributed by atoms with van der Waals surface area (Å²) in [6.45, 7) is 5.82. The van der Waals surface area contributed by atoms with Crippen molar-refractivity contribution in [2.45, 2.75) is 26.3 Å². The second-order valence-corrected chi connectivity index (χ2v) is 5.22. The fourth-order valence-electron chi connectivity index (χ4n) is 1.67. The number of rotatable bonds is 2. The van der Waals surface area contributed by atoms with Crippen molar-refractivity contribution in [3.05, 3.63) is 47.0 Å². The zero-order valence-corrected chi connectivity index (χ0v) is 11.3. The van der Waals surface area contributed by atoms with Gasteiger partial charge in [-0.3, -0.25) is 4.79 Å². The molecular weight excluding hydrogens is 242 g/mol. The molecule has 0 spiro atoms. The Balaban J connectivity index is 2.43. The summed E-state index contributed by atoms with van der Waals surface area (Å²) in [7, 11) is 0. The highest BCUT2D eigenvalue weighted by Crippen LogP contribution is 2.24. The maximum Gasteiger partial charge on any atom is 0.314 e.